The quantitative estimate of drug-likeness (QED) is 0.888. The number of nitrogens with one attached hydrogen (secondary N) is 1. The average Bonchev–Trinajstić information content (AvgIpc) is 2.40. The lowest BCUT2D eigenvalue weighted by Gasteiger charge is -2.11. The molecule has 2 aromatic carbocycles. The lowest BCUT2D eigenvalue weighted by atomic mass is 10.2. The maximum Gasteiger partial charge on any atom is 0.123 e. The molecule has 94 valence electrons. The van der Waals surface area contributed by atoms with Crippen molar-refractivity contribution in [3.63, 3.8) is 0 Å². The van der Waals surface area contributed by atoms with Crippen LogP contribution >= 0.6 is 11.6 Å². The molecule has 0 fully saturated rings. The first-order valence-corrected chi connectivity index (χ1v) is 6.20. The van der Waals surface area contributed by atoms with Gasteiger partial charge in [0.25, 0.3) is 0 Å². The van der Waals surface area contributed by atoms with E-state index in [1.165, 1.54) is 0 Å². The van der Waals surface area contributed by atoms with Crippen molar-refractivity contribution in [1.82, 2.24) is 0 Å². The first kappa shape index (κ1) is 12.8. The molecule has 0 unspecified atom stereocenters. The summed E-state index contributed by atoms with van der Waals surface area (Å²) in [5.41, 5.74) is 3.22. The van der Waals surface area contributed by atoms with Gasteiger partial charge < -0.3 is 10.1 Å². The van der Waals surface area contributed by atoms with Crippen LogP contribution in [0.5, 0.6) is 5.75 Å². The predicted octanol–water partition coefficient (Wildman–Crippen LogP) is 4.27. The number of halogens is 1. The molecule has 0 saturated heterocycles. The molecule has 0 heterocycles. The van der Waals surface area contributed by atoms with Gasteiger partial charge in [-0.2, -0.15) is 0 Å². The molecule has 18 heavy (non-hydrogen) atoms. The van der Waals surface area contributed by atoms with Gasteiger partial charge in [-0.1, -0.05) is 35.9 Å². The van der Waals surface area contributed by atoms with Crippen LogP contribution in [-0.2, 0) is 6.54 Å². The Bertz CT molecular complexity index is 540. The molecule has 0 bridgehead atoms. The van der Waals surface area contributed by atoms with Gasteiger partial charge in [0.05, 0.1) is 7.11 Å². The van der Waals surface area contributed by atoms with Crippen molar-refractivity contribution in [3.8, 4) is 5.75 Å². The summed E-state index contributed by atoms with van der Waals surface area (Å²) in [6.07, 6.45) is 0. The van der Waals surface area contributed by atoms with Crippen molar-refractivity contribution < 1.29 is 4.74 Å². The van der Waals surface area contributed by atoms with Crippen LogP contribution in [-0.4, -0.2) is 7.11 Å². The zero-order chi connectivity index (χ0) is 13.0. The summed E-state index contributed by atoms with van der Waals surface area (Å²) in [6, 6.07) is 13.9. The van der Waals surface area contributed by atoms with E-state index in [1.54, 1.807) is 7.11 Å². The van der Waals surface area contributed by atoms with Gasteiger partial charge in [0, 0.05) is 22.8 Å². The molecule has 2 aromatic rings. The highest BCUT2D eigenvalue weighted by Gasteiger charge is 2.02. The van der Waals surface area contributed by atoms with Crippen LogP contribution in [0.4, 0.5) is 5.69 Å². The molecule has 1 N–H and O–H groups in total. The van der Waals surface area contributed by atoms with Crippen molar-refractivity contribution in [3.05, 3.63) is 58.6 Å². The Morgan fingerprint density at radius 2 is 1.94 bits per heavy atom. The van der Waals surface area contributed by atoms with Crippen molar-refractivity contribution in [1.29, 1.82) is 0 Å². The topological polar surface area (TPSA) is 21.3 Å². The van der Waals surface area contributed by atoms with Crippen LogP contribution in [0.3, 0.4) is 0 Å². The molecule has 0 aliphatic carbocycles. The number of rotatable bonds is 4. The third-order valence-corrected chi connectivity index (χ3v) is 3.25. The molecular formula is C15H16ClNO. The van der Waals surface area contributed by atoms with E-state index in [2.05, 4.69) is 5.32 Å². The van der Waals surface area contributed by atoms with Gasteiger partial charge >= 0.3 is 0 Å². The van der Waals surface area contributed by atoms with Gasteiger partial charge in [-0.05, 0) is 30.7 Å². The van der Waals surface area contributed by atoms with E-state index in [0.29, 0.717) is 6.54 Å². The second-order valence-electron chi connectivity index (χ2n) is 4.13. The summed E-state index contributed by atoms with van der Waals surface area (Å²) < 4.78 is 5.31. The highest BCUT2D eigenvalue weighted by atomic mass is 35.5. The number of methoxy groups -OCH3 is 1. The fourth-order valence-electron chi connectivity index (χ4n) is 1.75. The average molecular weight is 262 g/mol. The van der Waals surface area contributed by atoms with Gasteiger partial charge in [0.15, 0.2) is 0 Å². The van der Waals surface area contributed by atoms with Crippen molar-refractivity contribution in [2.45, 2.75) is 13.5 Å². The number of anilines is 1. The van der Waals surface area contributed by atoms with E-state index in [0.717, 1.165) is 27.6 Å². The summed E-state index contributed by atoms with van der Waals surface area (Å²) in [6.45, 7) is 2.70. The van der Waals surface area contributed by atoms with E-state index in [1.807, 2.05) is 49.4 Å². The predicted molar refractivity (Wildman–Crippen MR) is 76.5 cm³/mol. The smallest absolute Gasteiger partial charge is 0.123 e. The van der Waals surface area contributed by atoms with E-state index in [9.17, 15) is 0 Å². The number of benzene rings is 2. The van der Waals surface area contributed by atoms with Crippen LogP contribution < -0.4 is 10.1 Å². The van der Waals surface area contributed by atoms with E-state index < -0.39 is 0 Å². The molecule has 0 aliphatic rings. The first-order valence-electron chi connectivity index (χ1n) is 5.82. The third kappa shape index (κ3) is 2.96. The number of aryl methyl sites for hydroxylation is 1. The van der Waals surface area contributed by atoms with Gasteiger partial charge in [-0.3, -0.25) is 0 Å². The fourth-order valence-corrected chi connectivity index (χ4v) is 1.93. The van der Waals surface area contributed by atoms with Crippen molar-refractivity contribution in [2.24, 2.45) is 0 Å². The van der Waals surface area contributed by atoms with E-state index in [-0.39, 0.29) is 0 Å². The van der Waals surface area contributed by atoms with Crippen LogP contribution in [0.2, 0.25) is 5.02 Å². The standard InChI is InChI=1S/C15H16ClNO/c1-11-7-8-13(9-14(11)16)17-10-12-5-3-4-6-15(12)18-2/h3-9,17H,10H2,1-2H3. The number of hydrogen-bond acceptors (Lipinski definition) is 2. The molecular weight excluding hydrogens is 246 g/mol. The molecule has 0 aliphatic heterocycles. The van der Waals surface area contributed by atoms with Crippen LogP contribution in [0, 0.1) is 6.92 Å². The minimum atomic E-state index is 0.712. The van der Waals surface area contributed by atoms with Crippen LogP contribution in [0.15, 0.2) is 42.5 Å². The molecule has 0 amide bonds. The minimum absolute atomic E-state index is 0.712. The molecule has 2 rings (SSSR count). The van der Waals surface area contributed by atoms with Gasteiger partial charge in [0.1, 0.15) is 5.75 Å². The summed E-state index contributed by atoms with van der Waals surface area (Å²) in [5, 5.41) is 4.12. The second-order valence-corrected chi connectivity index (χ2v) is 4.54. The molecule has 0 atom stereocenters. The number of para-hydroxylation sites is 1. The first-order chi connectivity index (χ1) is 8.70. The summed E-state index contributed by atoms with van der Waals surface area (Å²) in [7, 11) is 1.68. The van der Waals surface area contributed by atoms with E-state index >= 15 is 0 Å². The van der Waals surface area contributed by atoms with Crippen LogP contribution in [0.1, 0.15) is 11.1 Å². The Morgan fingerprint density at radius 3 is 2.67 bits per heavy atom. The molecule has 3 heteroatoms. The number of ether oxygens (including phenoxy) is 1. The van der Waals surface area contributed by atoms with Crippen molar-refractivity contribution >= 4 is 17.3 Å². The highest BCUT2D eigenvalue weighted by Crippen LogP contribution is 2.22. The summed E-state index contributed by atoms with van der Waals surface area (Å²) in [4.78, 5) is 0. The Labute approximate surface area is 113 Å². The largest absolute Gasteiger partial charge is 0.496 e. The van der Waals surface area contributed by atoms with Gasteiger partial charge in [0.2, 0.25) is 0 Å². The maximum absolute atomic E-state index is 6.09. The Hall–Kier alpha value is -1.67. The monoisotopic (exact) mass is 261 g/mol. The lowest BCUT2D eigenvalue weighted by Crippen LogP contribution is -2.01. The Balaban J connectivity index is 2.09. The Morgan fingerprint density at radius 1 is 1.17 bits per heavy atom. The zero-order valence-electron chi connectivity index (χ0n) is 10.5. The Kier molecular flexibility index (Phi) is 4.11. The highest BCUT2D eigenvalue weighted by molar-refractivity contribution is 6.31. The second kappa shape index (κ2) is 5.78. The minimum Gasteiger partial charge on any atom is -0.496 e. The molecule has 2 nitrogen and oxygen atoms in total. The maximum atomic E-state index is 6.09. The lowest BCUT2D eigenvalue weighted by molar-refractivity contribution is 0.410. The molecule has 0 saturated carbocycles. The SMILES string of the molecule is COc1ccccc1CNc1ccc(C)c(Cl)c1. The molecule has 0 aromatic heterocycles. The van der Waals surface area contributed by atoms with Crippen molar-refractivity contribution in [2.75, 3.05) is 12.4 Å². The van der Waals surface area contributed by atoms with E-state index in [4.69, 9.17) is 16.3 Å². The number of hydrogen-bond donors (Lipinski definition) is 1. The normalized spacial score (nSPS) is 10.2. The van der Waals surface area contributed by atoms with Gasteiger partial charge in [-0.15, -0.1) is 0 Å². The molecule has 0 spiro atoms. The zero-order valence-corrected chi connectivity index (χ0v) is 11.3. The van der Waals surface area contributed by atoms with Gasteiger partial charge in [-0.25, -0.2) is 0 Å². The van der Waals surface area contributed by atoms with Crippen LogP contribution in [0.25, 0.3) is 0 Å². The molecule has 0 radical (unpaired) electrons. The third-order valence-electron chi connectivity index (χ3n) is 2.85. The summed E-state index contributed by atoms with van der Waals surface area (Å²) in [5.74, 6) is 0.892. The summed E-state index contributed by atoms with van der Waals surface area (Å²) >= 11 is 6.09. The fraction of sp³-hybridized carbons (Fsp3) is 0.200.